The summed E-state index contributed by atoms with van der Waals surface area (Å²) in [7, 11) is 0. The monoisotopic (exact) mass is 358 g/mol. The van der Waals surface area contributed by atoms with Crippen molar-refractivity contribution in [2.45, 2.75) is 12.5 Å². The molecule has 2 heterocycles. The number of fused-ring (bicyclic) bond motifs is 1. The van der Waals surface area contributed by atoms with Crippen LogP contribution in [0.25, 0.3) is 0 Å². The van der Waals surface area contributed by atoms with Crippen LogP contribution < -0.4 is 15.4 Å². The predicted octanol–water partition coefficient (Wildman–Crippen LogP) is 1.64. The molecule has 1 aliphatic heterocycles. The van der Waals surface area contributed by atoms with Crippen LogP contribution in [0.3, 0.4) is 0 Å². The minimum absolute atomic E-state index is 0. The number of H-pyrrole nitrogens is 1. The Morgan fingerprint density at radius 2 is 2.09 bits per heavy atom. The van der Waals surface area contributed by atoms with Crippen LogP contribution >= 0.6 is 24.8 Å². The topological polar surface area (TPSA) is 79.0 Å². The number of ether oxygens (including phenoxy) is 1. The number of hydrogen-bond acceptors (Lipinski definition) is 4. The maximum absolute atomic E-state index is 12.2. The molecule has 1 amide bonds. The number of imidazole rings is 1. The van der Waals surface area contributed by atoms with Gasteiger partial charge in [-0.3, -0.25) is 4.79 Å². The average Bonchev–Trinajstić information content (AvgIpc) is 3.01. The van der Waals surface area contributed by atoms with Crippen LogP contribution in [0.1, 0.15) is 17.4 Å². The number of hydrogen-bond donors (Lipinski definition) is 3. The number of halogens is 2. The summed E-state index contributed by atoms with van der Waals surface area (Å²) in [6, 6.07) is 9.17. The molecule has 3 rings (SSSR count). The Bertz CT molecular complexity index is 607. The first kappa shape index (κ1) is 19.3. The van der Waals surface area contributed by atoms with Crippen molar-refractivity contribution in [2.75, 3.05) is 19.7 Å². The molecule has 126 valence electrons. The summed E-state index contributed by atoms with van der Waals surface area (Å²) in [6.07, 6.45) is 2.51. The number of aromatic nitrogens is 2. The zero-order valence-corrected chi connectivity index (χ0v) is 14.1. The van der Waals surface area contributed by atoms with Gasteiger partial charge in [-0.15, -0.1) is 24.8 Å². The first-order chi connectivity index (χ1) is 10.3. The fraction of sp³-hybridized carbons (Fsp3) is 0.333. The van der Waals surface area contributed by atoms with Gasteiger partial charge in [-0.25, -0.2) is 4.98 Å². The molecular formula is C15H20Cl2N4O2. The number of benzene rings is 1. The molecule has 8 heteroatoms. The van der Waals surface area contributed by atoms with Gasteiger partial charge in [-0.2, -0.15) is 0 Å². The van der Waals surface area contributed by atoms with E-state index in [1.54, 1.807) is 6.33 Å². The molecule has 0 saturated carbocycles. The normalized spacial score (nSPS) is 15.6. The van der Waals surface area contributed by atoms with Crippen LogP contribution in [-0.2, 0) is 11.2 Å². The summed E-state index contributed by atoms with van der Waals surface area (Å²) >= 11 is 0. The van der Waals surface area contributed by atoms with Crippen molar-refractivity contribution >= 4 is 30.7 Å². The molecule has 0 aliphatic carbocycles. The number of rotatable bonds is 5. The zero-order valence-electron chi connectivity index (χ0n) is 12.5. The largest absolute Gasteiger partial charge is 0.492 e. The lowest BCUT2D eigenvalue weighted by Gasteiger charge is -2.22. The Morgan fingerprint density at radius 3 is 2.87 bits per heavy atom. The zero-order chi connectivity index (χ0) is 14.5. The van der Waals surface area contributed by atoms with Crippen molar-refractivity contribution < 1.29 is 9.53 Å². The Hall–Kier alpha value is -1.76. The number of carbonyl (C=O) groups excluding carboxylic acids is 1. The second-order valence-corrected chi connectivity index (χ2v) is 4.86. The van der Waals surface area contributed by atoms with Gasteiger partial charge in [-0.05, 0) is 12.1 Å². The highest BCUT2D eigenvalue weighted by atomic mass is 35.5. The van der Waals surface area contributed by atoms with Gasteiger partial charge >= 0.3 is 0 Å². The van der Waals surface area contributed by atoms with E-state index in [0.717, 1.165) is 30.1 Å². The lowest BCUT2D eigenvalue weighted by Crippen LogP contribution is -2.42. The van der Waals surface area contributed by atoms with Crippen LogP contribution in [0.4, 0.5) is 0 Å². The van der Waals surface area contributed by atoms with Crippen molar-refractivity contribution in [3.05, 3.63) is 48.0 Å². The van der Waals surface area contributed by atoms with E-state index in [0.29, 0.717) is 13.2 Å². The number of nitrogens with one attached hydrogen (secondary N) is 3. The van der Waals surface area contributed by atoms with Gasteiger partial charge in [0.2, 0.25) is 5.91 Å². The average molecular weight is 359 g/mol. The van der Waals surface area contributed by atoms with E-state index in [9.17, 15) is 4.79 Å². The molecule has 6 nitrogen and oxygen atoms in total. The summed E-state index contributed by atoms with van der Waals surface area (Å²) < 4.78 is 5.54. The van der Waals surface area contributed by atoms with Gasteiger partial charge < -0.3 is 20.4 Å². The number of carbonyl (C=O) groups is 1. The van der Waals surface area contributed by atoms with Crippen molar-refractivity contribution in [3.63, 3.8) is 0 Å². The second kappa shape index (κ2) is 9.39. The van der Waals surface area contributed by atoms with Crippen molar-refractivity contribution in [1.82, 2.24) is 20.6 Å². The van der Waals surface area contributed by atoms with Crippen LogP contribution in [0.2, 0.25) is 0 Å². The van der Waals surface area contributed by atoms with E-state index in [2.05, 4.69) is 20.6 Å². The summed E-state index contributed by atoms with van der Waals surface area (Å²) in [5, 5.41) is 6.06. The predicted molar refractivity (Wildman–Crippen MR) is 92.5 cm³/mol. The molecule has 0 radical (unpaired) electrons. The van der Waals surface area contributed by atoms with E-state index in [1.807, 2.05) is 30.3 Å². The number of amides is 1. The molecule has 0 spiro atoms. The minimum Gasteiger partial charge on any atom is -0.492 e. The lowest BCUT2D eigenvalue weighted by atomic mass is 10.1. The minimum atomic E-state index is -0.378. The van der Waals surface area contributed by atoms with Gasteiger partial charge in [0.1, 0.15) is 18.4 Å². The fourth-order valence-electron chi connectivity index (χ4n) is 2.40. The highest BCUT2D eigenvalue weighted by Crippen LogP contribution is 2.18. The van der Waals surface area contributed by atoms with Crippen LogP contribution in [-0.4, -0.2) is 35.6 Å². The van der Waals surface area contributed by atoms with E-state index in [-0.39, 0.29) is 36.8 Å². The highest BCUT2D eigenvalue weighted by Gasteiger charge is 2.27. The van der Waals surface area contributed by atoms with Crippen molar-refractivity contribution in [3.8, 4) is 5.75 Å². The van der Waals surface area contributed by atoms with E-state index >= 15 is 0 Å². The van der Waals surface area contributed by atoms with Gasteiger partial charge in [0.25, 0.3) is 0 Å². The Kier molecular flexibility index (Phi) is 7.88. The standard InChI is InChI=1S/C15H18N4O2.2ClH/c20-15(14-13-12(6-7-16-14)18-10-19-13)17-8-9-21-11-4-2-1-3-5-11;;/h1-5,10,14,16H,6-9H2,(H,17,20)(H,18,19);2*1H. The molecule has 1 aromatic heterocycles. The van der Waals surface area contributed by atoms with Gasteiger partial charge in [0, 0.05) is 18.7 Å². The first-order valence-corrected chi connectivity index (χ1v) is 7.05. The molecule has 0 saturated heterocycles. The number of aromatic amines is 1. The Morgan fingerprint density at radius 1 is 1.30 bits per heavy atom. The number of para-hydroxylation sites is 1. The smallest absolute Gasteiger partial charge is 0.243 e. The molecule has 1 unspecified atom stereocenters. The summed E-state index contributed by atoms with van der Waals surface area (Å²) in [4.78, 5) is 19.5. The third-order valence-corrected chi connectivity index (χ3v) is 3.42. The fourth-order valence-corrected chi connectivity index (χ4v) is 2.40. The Balaban J connectivity index is 0.00000132. The SMILES string of the molecule is Cl.Cl.O=C(NCCOc1ccccc1)C1NCCc2[nH]cnc21. The van der Waals surface area contributed by atoms with Gasteiger partial charge in [0.15, 0.2) is 0 Å². The number of nitrogens with zero attached hydrogens (tertiary/aromatic N) is 1. The Labute approximate surface area is 147 Å². The molecule has 2 aromatic rings. The van der Waals surface area contributed by atoms with Crippen LogP contribution in [0.5, 0.6) is 5.75 Å². The molecule has 0 fully saturated rings. The van der Waals surface area contributed by atoms with Crippen molar-refractivity contribution in [1.29, 1.82) is 0 Å². The van der Waals surface area contributed by atoms with Gasteiger partial charge in [0.05, 0.1) is 18.6 Å². The lowest BCUT2D eigenvalue weighted by molar-refractivity contribution is -0.123. The quantitative estimate of drug-likeness (QED) is 0.709. The summed E-state index contributed by atoms with van der Waals surface area (Å²) in [6.45, 7) is 1.68. The van der Waals surface area contributed by atoms with Crippen LogP contribution in [0.15, 0.2) is 36.7 Å². The third-order valence-electron chi connectivity index (χ3n) is 3.42. The van der Waals surface area contributed by atoms with E-state index in [1.165, 1.54) is 0 Å². The summed E-state index contributed by atoms with van der Waals surface area (Å²) in [5.74, 6) is 0.733. The van der Waals surface area contributed by atoms with E-state index < -0.39 is 0 Å². The second-order valence-electron chi connectivity index (χ2n) is 4.86. The highest BCUT2D eigenvalue weighted by molar-refractivity contribution is 5.85. The molecule has 23 heavy (non-hydrogen) atoms. The summed E-state index contributed by atoms with van der Waals surface area (Å²) in [5.41, 5.74) is 1.83. The maximum atomic E-state index is 12.2. The van der Waals surface area contributed by atoms with Crippen LogP contribution in [0, 0.1) is 0 Å². The molecule has 1 aromatic carbocycles. The van der Waals surface area contributed by atoms with E-state index in [4.69, 9.17) is 4.74 Å². The molecular weight excluding hydrogens is 339 g/mol. The first-order valence-electron chi connectivity index (χ1n) is 7.05. The molecule has 3 N–H and O–H groups in total. The third kappa shape index (κ3) is 4.86. The molecule has 0 bridgehead atoms. The van der Waals surface area contributed by atoms with Gasteiger partial charge in [-0.1, -0.05) is 18.2 Å². The molecule has 1 aliphatic rings. The maximum Gasteiger partial charge on any atom is 0.243 e. The van der Waals surface area contributed by atoms with Crippen molar-refractivity contribution in [2.24, 2.45) is 0 Å². The molecule has 1 atom stereocenters.